The lowest BCUT2D eigenvalue weighted by Gasteiger charge is -2.11. The van der Waals surface area contributed by atoms with Crippen molar-refractivity contribution in [2.24, 2.45) is 0 Å². The van der Waals surface area contributed by atoms with Crippen molar-refractivity contribution in [1.82, 2.24) is 19.9 Å². The Hall–Kier alpha value is -4.20. The molecule has 0 fully saturated rings. The third kappa shape index (κ3) is 3.66. The molecule has 1 aromatic carbocycles. The summed E-state index contributed by atoms with van der Waals surface area (Å²) in [4.78, 5) is 17.8. The molecular formula is C24H21N5O3. The van der Waals surface area contributed by atoms with Crippen molar-refractivity contribution in [2.45, 2.75) is 26.8 Å². The van der Waals surface area contributed by atoms with Gasteiger partial charge in [0.1, 0.15) is 11.5 Å². The smallest absolute Gasteiger partial charge is 0.259 e. The molecule has 0 radical (unpaired) electrons. The summed E-state index contributed by atoms with van der Waals surface area (Å²) in [5, 5.41) is 11.9. The molecule has 5 aromatic rings. The van der Waals surface area contributed by atoms with Gasteiger partial charge in [0.05, 0.1) is 35.6 Å². The lowest BCUT2D eigenvalue weighted by Crippen LogP contribution is -2.17. The number of benzene rings is 1. The average molecular weight is 427 g/mol. The molecular weight excluding hydrogens is 406 g/mol. The van der Waals surface area contributed by atoms with E-state index in [9.17, 15) is 4.79 Å². The zero-order valence-electron chi connectivity index (χ0n) is 17.7. The molecule has 0 aliphatic heterocycles. The third-order valence-electron chi connectivity index (χ3n) is 5.36. The summed E-state index contributed by atoms with van der Waals surface area (Å²) in [6, 6.07) is 15.4. The number of fused-ring (bicyclic) bond motifs is 1. The van der Waals surface area contributed by atoms with E-state index in [1.54, 1.807) is 48.3 Å². The van der Waals surface area contributed by atoms with Crippen LogP contribution in [0.2, 0.25) is 0 Å². The summed E-state index contributed by atoms with van der Waals surface area (Å²) in [6.07, 6.45) is 4.21. The molecule has 1 N–H and O–H groups in total. The maximum atomic E-state index is 13.3. The number of anilines is 1. The highest BCUT2D eigenvalue weighted by Crippen LogP contribution is 2.28. The molecule has 0 aliphatic carbocycles. The zero-order chi connectivity index (χ0) is 22.1. The van der Waals surface area contributed by atoms with Crippen LogP contribution in [-0.4, -0.2) is 25.8 Å². The van der Waals surface area contributed by atoms with Crippen LogP contribution in [0.4, 0.5) is 5.82 Å². The van der Waals surface area contributed by atoms with Crippen molar-refractivity contribution >= 4 is 22.8 Å². The van der Waals surface area contributed by atoms with Crippen LogP contribution < -0.4 is 5.32 Å². The Morgan fingerprint density at radius 3 is 2.69 bits per heavy atom. The molecule has 0 atom stereocenters. The molecule has 1 amide bonds. The van der Waals surface area contributed by atoms with Gasteiger partial charge in [-0.25, -0.2) is 9.67 Å². The molecule has 4 heterocycles. The van der Waals surface area contributed by atoms with Gasteiger partial charge in [0.15, 0.2) is 5.76 Å². The second kappa shape index (κ2) is 8.14. The minimum Gasteiger partial charge on any atom is -0.463 e. The van der Waals surface area contributed by atoms with E-state index in [4.69, 9.17) is 8.94 Å². The van der Waals surface area contributed by atoms with Crippen LogP contribution in [0.25, 0.3) is 22.6 Å². The van der Waals surface area contributed by atoms with Gasteiger partial charge < -0.3 is 14.3 Å². The SMILES string of the molecule is CCc1ccc(Cn2nccc2NC(=O)c2cc(-c3ccco3)nc3onc(C)c23)cc1. The molecule has 8 heteroatoms. The first-order valence-corrected chi connectivity index (χ1v) is 10.3. The Labute approximate surface area is 183 Å². The largest absolute Gasteiger partial charge is 0.463 e. The minimum absolute atomic E-state index is 0.283. The van der Waals surface area contributed by atoms with Gasteiger partial charge in [-0.1, -0.05) is 36.3 Å². The molecule has 0 bridgehead atoms. The summed E-state index contributed by atoms with van der Waals surface area (Å²) in [5.74, 6) is 0.823. The Morgan fingerprint density at radius 1 is 1.12 bits per heavy atom. The van der Waals surface area contributed by atoms with Crippen molar-refractivity contribution in [1.29, 1.82) is 0 Å². The number of hydrogen-bond acceptors (Lipinski definition) is 6. The lowest BCUT2D eigenvalue weighted by atomic mass is 10.1. The van der Waals surface area contributed by atoms with Crippen LogP contribution in [0.15, 0.2) is 69.9 Å². The van der Waals surface area contributed by atoms with Gasteiger partial charge in [0.2, 0.25) is 0 Å². The van der Waals surface area contributed by atoms with Crippen molar-refractivity contribution in [3.63, 3.8) is 0 Å². The highest BCUT2D eigenvalue weighted by atomic mass is 16.5. The monoisotopic (exact) mass is 427 g/mol. The van der Waals surface area contributed by atoms with Gasteiger partial charge >= 0.3 is 0 Å². The van der Waals surface area contributed by atoms with Crippen LogP contribution in [0.1, 0.15) is 34.1 Å². The minimum atomic E-state index is -0.306. The fourth-order valence-corrected chi connectivity index (χ4v) is 3.63. The fourth-order valence-electron chi connectivity index (χ4n) is 3.63. The van der Waals surface area contributed by atoms with Gasteiger partial charge in [-0.15, -0.1) is 0 Å². The molecule has 8 nitrogen and oxygen atoms in total. The molecule has 0 aliphatic rings. The number of hydrogen-bond donors (Lipinski definition) is 1. The summed E-state index contributed by atoms with van der Waals surface area (Å²) in [6.45, 7) is 4.45. The van der Waals surface area contributed by atoms with Gasteiger partial charge in [-0.3, -0.25) is 4.79 Å². The molecule has 32 heavy (non-hydrogen) atoms. The second-order valence-corrected chi connectivity index (χ2v) is 7.48. The van der Waals surface area contributed by atoms with Crippen LogP contribution in [-0.2, 0) is 13.0 Å². The first-order valence-electron chi connectivity index (χ1n) is 10.3. The molecule has 0 saturated carbocycles. The summed E-state index contributed by atoms with van der Waals surface area (Å²) in [5.41, 5.74) is 4.15. The Bertz CT molecular complexity index is 1380. The number of furan rings is 1. The number of aryl methyl sites for hydroxylation is 2. The second-order valence-electron chi connectivity index (χ2n) is 7.48. The molecule has 5 rings (SSSR count). The third-order valence-corrected chi connectivity index (χ3v) is 5.36. The molecule has 0 spiro atoms. The molecule has 160 valence electrons. The summed E-state index contributed by atoms with van der Waals surface area (Å²) < 4.78 is 12.5. The fraction of sp³-hybridized carbons (Fsp3) is 0.167. The Morgan fingerprint density at radius 2 is 1.94 bits per heavy atom. The van der Waals surface area contributed by atoms with E-state index >= 15 is 0 Å². The van der Waals surface area contributed by atoms with E-state index in [1.807, 2.05) is 0 Å². The van der Waals surface area contributed by atoms with E-state index in [-0.39, 0.29) is 11.6 Å². The normalized spacial score (nSPS) is 11.2. The number of amides is 1. The van der Waals surface area contributed by atoms with Crippen molar-refractivity contribution < 1.29 is 13.7 Å². The summed E-state index contributed by atoms with van der Waals surface area (Å²) >= 11 is 0. The van der Waals surface area contributed by atoms with Crippen LogP contribution in [0.3, 0.4) is 0 Å². The number of nitrogens with zero attached hydrogens (tertiary/aromatic N) is 4. The average Bonchev–Trinajstić information content (AvgIpc) is 3.56. The highest BCUT2D eigenvalue weighted by Gasteiger charge is 2.21. The lowest BCUT2D eigenvalue weighted by molar-refractivity contribution is 0.102. The topological polar surface area (TPSA) is 99.0 Å². The van der Waals surface area contributed by atoms with E-state index < -0.39 is 0 Å². The van der Waals surface area contributed by atoms with Crippen LogP contribution >= 0.6 is 0 Å². The number of nitrogens with one attached hydrogen (secondary N) is 1. The summed E-state index contributed by atoms with van der Waals surface area (Å²) in [7, 11) is 0. The molecule has 0 saturated heterocycles. The maximum Gasteiger partial charge on any atom is 0.259 e. The first kappa shape index (κ1) is 19.7. The standard InChI is InChI=1S/C24H21N5O3/c1-3-16-6-8-17(9-7-16)14-29-21(10-11-25-29)27-23(30)18-13-19(20-5-4-12-31-20)26-24-22(18)15(2)28-32-24/h4-13H,3,14H2,1-2H3,(H,27,30). The number of carbonyl (C=O) groups excluding carboxylic acids is 1. The number of rotatable bonds is 6. The first-order chi connectivity index (χ1) is 15.6. The zero-order valence-corrected chi connectivity index (χ0v) is 17.7. The van der Waals surface area contributed by atoms with Crippen molar-refractivity contribution in [2.75, 3.05) is 5.32 Å². The van der Waals surface area contributed by atoms with E-state index in [1.165, 1.54) is 5.56 Å². The van der Waals surface area contributed by atoms with E-state index in [0.29, 0.717) is 40.5 Å². The van der Waals surface area contributed by atoms with Gasteiger partial charge in [0.25, 0.3) is 11.6 Å². The predicted octanol–water partition coefficient (Wildman–Crippen LogP) is 4.85. The number of pyridine rings is 1. The highest BCUT2D eigenvalue weighted by molar-refractivity contribution is 6.12. The Kier molecular flexibility index (Phi) is 5.03. The maximum absolute atomic E-state index is 13.3. The van der Waals surface area contributed by atoms with Gasteiger partial charge in [-0.2, -0.15) is 5.10 Å². The van der Waals surface area contributed by atoms with Gasteiger partial charge in [0, 0.05) is 6.07 Å². The predicted molar refractivity (Wildman–Crippen MR) is 119 cm³/mol. The number of carbonyl (C=O) groups is 1. The van der Waals surface area contributed by atoms with Crippen LogP contribution in [0, 0.1) is 6.92 Å². The Balaban J connectivity index is 1.46. The van der Waals surface area contributed by atoms with Gasteiger partial charge in [-0.05, 0) is 42.7 Å². The van der Waals surface area contributed by atoms with Crippen molar-refractivity contribution in [3.8, 4) is 11.5 Å². The van der Waals surface area contributed by atoms with Crippen molar-refractivity contribution in [3.05, 3.63) is 83.4 Å². The number of aromatic nitrogens is 4. The molecule has 0 unspecified atom stereocenters. The van der Waals surface area contributed by atoms with Crippen LogP contribution in [0.5, 0.6) is 0 Å². The molecule has 4 aromatic heterocycles. The van der Waals surface area contributed by atoms with E-state index in [2.05, 4.69) is 51.7 Å². The quantitative estimate of drug-likeness (QED) is 0.416. The van der Waals surface area contributed by atoms with E-state index in [0.717, 1.165) is 12.0 Å².